The quantitative estimate of drug-likeness (QED) is 0.831. The maximum absolute atomic E-state index is 6.29. The first-order chi connectivity index (χ1) is 9.26. The molecule has 1 aliphatic carbocycles. The molecule has 5 heteroatoms. The zero-order valence-electron chi connectivity index (χ0n) is 11.8. The number of hydrogen-bond acceptors (Lipinski definition) is 5. The van der Waals surface area contributed by atoms with E-state index in [4.69, 9.17) is 4.74 Å². The summed E-state index contributed by atoms with van der Waals surface area (Å²) in [6.07, 6.45) is 7.15. The molecule has 4 nitrogen and oxygen atoms in total. The maximum atomic E-state index is 6.29. The summed E-state index contributed by atoms with van der Waals surface area (Å²) in [6, 6.07) is 0. The van der Waals surface area contributed by atoms with Crippen molar-refractivity contribution >= 4 is 16.5 Å². The van der Waals surface area contributed by atoms with Gasteiger partial charge in [-0.2, -0.15) is 0 Å². The van der Waals surface area contributed by atoms with Gasteiger partial charge in [-0.3, -0.25) is 0 Å². The number of aryl methyl sites for hydroxylation is 1. The number of hydrogen-bond donors (Lipinski definition) is 0. The van der Waals surface area contributed by atoms with Crippen molar-refractivity contribution in [1.82, 2.24) is 10.2 Å². The number of rotatable bonds is 5. The fraction of sp³-hybridized carbons (Fsp3) is 0.857. The molecule has 0 aromatic carbocycles. The van der Waals surface area contributed by atoms with E-state index in [2.05, 4.69) is 22.0 Å². The molecule has 3 rings (SSSR count). The Morgan fingerprint density at radius 3 is 2.79 bits per heavy atom. The lowest BCUT2D eigenvalue weighted by Gasteiger charge is -2.38. The Labute approximate surface area is 119 Å². The van der Waals surface area contributed by atoms with E-state index in [1.807, 2.05) is 6.92 Å². The fourth-order valence-electron chi connectivity index (χ4n) is 2.76. The lowest BCUT2D eigenvalue weighted by Crippen LogP contribution is -2.48. The predicted octanol–water partition coefficient (Wildman–Crippen LogP) is 3.02. The van der Waals surface area contributed by atoms with Crippen LogP contribution in [-0.4, -0.2) is 35.5 Å². The van der Waals surface area contributed by atoms with Crippen molar-refractivity contribution in [3.05, 3.63) is 5.01 Å². The van der Waals surface area contributed by atoms with Crippen LogP contribution in [0, 0.1) is 12.8 Å². The summed E-state index contributed by atoms with van der Waals surface area (Å²) in [4.78, 5) is 2.40. The van der Waals surface area contributed by atoms with Crippen LogP contribution in [0.5, 0.6) is 0 Å². The van der Waals surface area contributed by atoms with Crippen molar-refractivity contribution < 1.29 is 4.74 Å². The maximum Gasteiger partial charge on any atom is 0.208 e. The van der Waals surface area contributed by atoms with E-state index in [1.54, 1.807) is 11.3 Å². The first-order valence-electron chi connectivity index (χ1n) is 7.46. The molecule has 0 amide bonds. The Hall–Kier alpha value is -0.680. The molecule has 0 N–H and O–H groups in total. The van der Waals surface area contributed by atoms with Crippen LogP contribution in [0.2, 0.25) is 0 Å². The Kier molecular flexibility index (Phi) is 4.03. The molecule has 2 fully saturated rings. The zero-order valence-corrected chi connectivity index (χ0v) is 12.7. The molecular formula is C14H23N3OS. The molecule has 1 aromatic rings. The Balaban J connectivity index is 1.68. The third kappa shape index (κ3) is 3.26. The van der Waals surface area contributed by atoms with Crippen LogP contribution < -0.4 is 4.90 Å². The average molecular weight is 281 g/mol. The third-order valence-electron chi connectivity index (χ3n) is 4.00. The van der Waals surface area contributed by atoms with E-state index in [0.717, 1.165) is 29.1 Å². The Bertz CT molecular complexity index is 419. The standard InChI is InChI=1S/C14H23N3OS/c1-3-4-5-12-8-17(14-16-15-10(2)19-14)9-13(18-12)11-6-7-11/h11-13H,3-9H2,1-2H3/t12-,13-/m1/s1. The molecule has 0 radical (unpaired) electrons. The lowest BCUT2D eigenvalue weighted by atomic mass is 10.1. The second-order valence-electron chi connectivity index (χ2n) is 5.78. The molecule has 2 aliphatic rings. The summed E-state index contributed by atoms with van der Waals surface area (Å²) in [5.74, 6) is 0.793. The number of morpholine rings is 1. The van der Waals surface area contributed by atoms with E-state index in [-0.39, 0.29) is 0 Å². The van der Waals surface area contributed by atoms with E-state index in [1.165, 1.54) is 32.1 Å². The van der Waals surface area contributed by atoms with Crippen molar-refractivity contribution in [3.63, 3.8) is 0 Å². The number of unbranched alkanes of at least 4 members (excludes halogenated alkanes) is 1. The van der Waals surface area contributed by atoms with Gasteiger partial charge in [0.1, 0.15) is 5.01 Å². The van der Waals surface area contributed by atoms with Crippen molar-refractivity contribution in [3.8, 4) is 0 Å². The van der Waals surface area contributed by atoms with Crippen LogP contribution >= 0.6 is 11.3 Å². The molecular weight excluding hydrogens is 258 g/mol. The van der Waals surface area contributed by atoms with Gasteiger partial charge in [0.25, 0.3) is 0 Å². The molecule has 0 spiro atoms. The van der Waals surface area contributed by atoms with Crippen LogP contribution in [0.25, 0.3) is 0 Å². The monoisotopic (exact) mass is 281 g/mol. The van der Waals surface area contributed by atoms with Gasteiger partial charge >= 0.3 is 0 Å². The normalized spacial score (nSPS) is 27.8. The summed E-state index contributed by atoms with van der Waals surface area (Å²) in [6.45, 7) is 6.25. The minimum Gasteiger partial charge on any atom is -0.371 e. The van der Waals surface area contributed by atoms with Crippen LogP contribution in [0.3, 0.4) is 0 Å². The van der Waals surface area contributed by atoms with Gasteiger partial charge in [0, 0.05) is 13.1 Å². The van der Waals surface area contributed by atoms with Crippen molar-refractivity contribution in [2.75, 3.05) is 18.0 Å². The summed E-state index contributed by atoms with van der Waals surface area (Å²) in [7, 11) is 0. The number of anilines is 1. The predicted molar refractivity (Wildman–Crippen MR) is 77.8 cm³/mol. The van der Waals surface area contributed by atoms with Gasteiger partial charge in [0.05, 0.1) is 12.2 Å². The first-order valence-corrected chi connectivity index (χ1v) is 8.28. The smallest absolute Gasteiger partial charge is 0.208 e. The van der Waals surface area contributed by atoms with E-state index >= 15 is 0 Å². The largest absolute Gasteiger partial charge is 0.371 e. The molecule has 106 valence electrons. The highest BCUT2D eigenvalue weighted by molar-refractivity contribution is 7.15. The van der Waals surface area contributed by atoms with E-state index in [9.17, 15) is 0 Å². The van der Waals surface area contributed by atoms with Crippen LogP contribution in [-0.2, 0) is 4.74 Å². The van der Waals surface area contributed by atoms with E-state index < -0.39 is 0 Å². The molecule has 2 atom stereocenters. The Morgan fingerprint density at radius 1 is 1.32 bits per heavy atom. The second kappa shape index (κ2) is 5.75. The number of aromatic nitrogens is 2. The van der Waals surface area contributed by atoms with Gasteiger partial charge in [-0.15, -0.1) is 10.2 Å². The highest BCUT2D eigenvalue weighted by Crippen LogP contribution is 2.38. The van der Waals surface area contributed by atoms with Crippen LogP contribution in [0.4, 0.5) is 5.13 Å². The van der Waals surface area contributed by atoms with Gasteiger partial charge < -0.3 is 9.64 Å². The van der Waals surface area contributed by atoms with E-state index in [0.29, 0.717) is 12.2 Å². The molecule has 19 heavy (non-hydrogen) atoms. The lowest BCUT2D eigenvalue weighted by molar-refractivity contribution is -0.0410. The van der Waals surface area contributed by atoms with Crippen molar-refractivity contribution in [2.45, 2.75) is 58.2 Å². The first kappa shape index (κ1) is 13.3. The van der Waals surface area contributed by atoms with Crippen molar-refractivity contribution in [2.24, 2.45) is 5.92 Å². The van der Waals surface area contributed by atoms with Gasteiger partial charge in [-0.25, -0.2) is 0 Å². The highest BCUT2D eigenvalue weighted by atomic mass is 32.1. The minimum atomic E-state index is 0.378. The van der Waals surface area contributed by atoms with Crippen LogP contribution in [0.1, 0.15) is 44.0 Å². The Morgan fingerprint density at radius 2 is 2.16 bits per heavy atom. The SMILES string of the molecule is CCCC[C@@H]1CN(c2nnc(C)s2)C[C@H](C2CC2)O1. The summed E-state index contributed by atoms with van der Waals surface area (Å²) >= 11 is 1.70. The highest BCUT2D eigenvalue weighted by Gasteiger charge is 2.38. The van der Waals surface area contributed by atoms with Gasteiger partial charge in [0.2, 0.25) is 5.13 Å². The van der Waals surface area contributed by atoms with Crippen LogP contribution in [0.15, 0.2) is 0 Å². The second-order valence-corrected chi connectivity index (χ2v) is 6.94. The summed E-state index contributed by atoms with van der Waals surface area (Å²) in [5.41, 5.74) is 0. The number of ether oxygens (including phenoxy) is 1. The molecule has 1 aliphatic heterocycles. The van der Waals surface area contributed by atoms with Gasteiger partial charge in [0.15, 0.2) is 0 Å². The molecule has 0 unspecified atom stereocenters. The van der Waals surface area contributed by atoms with Crippen molar-refractivity contribution in [1.29, 1.82) is 0 Å². The average Bonchev–Trinajstić information content (AvgIpc) is 3.18. The third-order valence-corrected chi connectivity index (χ3v) is 4.90. The molecule has 1 aromatic heterocycles. The zero-order chi connectivity index (χ0) is 13.2. The topological polar surface area (TPSA) is 38.2 Å². The van der Waals surface area contributed by atoms with Gasteiger partial charge in [-0.1, -0.05) is 31.1 Å². The molecule has 2 heterocycles. The fourth-order valence-corrected chi connectivity index (χ4v) is 3.47. The number of nitrogens with zero attached hydrogens (tertiary/aromatic N) is 3. The summed E-state index contributed by atoms with van der Waals surface area (Å²) in [5, 5.41) is 10.6. The molecule has 1 saturated heterocycles. The molecule has 0 bridgehead atoms. The molecule has 1 saturated carbocycles. The van der Waals surface area contributed by atoms with Gasteiger partial charge in [-0.05, 0) is 32.1 Å². The minimum absolute atomic E-state index is 0.378. The summed E-state index contributed by atoms with van der Waals surface area (Å²) < 4.78 is 6.29.